The van der Waals surface area contributed by atoms with Crippen LogP contribution in [0, 0.1) is 0 Å². The van der Waals surface area contributed by atoms with Crippen molar-refractivity contribution in [3.63, 3.8) is 0 Å². The fourth-order valence-electron chi connectivity index (χ4n) is 1.59. The Hall–Kier alpha value is -0.870. The summed E-state index contributed by atoms with van der Waals surface area (Å²) in [6.45, 7) is 3.05. The molecular weight excluding hydrogens is 222 g/mol. The molecular formula is C12H19NO2S. The number of unbranched alkanes of at least 4 members (excludes halogenated alkanes) is 2. The highest BCUT2D eigenvalue weighted by molar-refractivity contribution is 7.10. The lowest BCUT2D eigenvalue weighted by Gasteiger charge is -2.15. The van der Waals surface area contributed by atoms with Crippen LogP contribution in [0.25, 0.3) is 0 Å². The first-order chi connectivity index (χ1) is 7.74. The van der Waals surface area contributed by atoms with Crippen LogP contribution in [0.5, 0.6) is 0 Å². The molecule has 1 unspecified atom stereocenters. The van der Waals surface area contributed by atoms with Gasteiger partial charge in [0.05, 0.1) is 12.5 Å². The number of carbonyl (C=O) groups is 1. The topological polar surface area (TPSA) is 49.3 Å². The Kier molecular flexibility index (Phi) is 6.11. The SMILES string of the molecule is CCCCCNC(CC(=O)O)c1cccs1. The van der Waals surface area contributed by atoms with Crippen LogP contribution in [0.15, 0.2) is 17.5 Å². The molecule has 0 aromatic carbocycles. The molecule has 0 bridgehead atoms. The van der Waals surface area contributed by atoms with E-state index in [0.29, 0.717) is 0 Å². The summed E-state index contributed by atoms with van der Waals surface area (Å²) in [7, 11) is 0. The monoisotopic (exact) mass is 241 g/mol. The van der Waals surface area contributed by atoms with Crippen molar-refractivity contribution in [3.8, 4) is 0 Å². The van der Waals surface area contributed by atoms with Crippen molar-refractivity contribution in [1.29, 1.82) is 0 Å². The van der Waals surface area contributed by atoms with Crippen molar-refractivity contribution in [2.75, 3.05) is 6.54 Å². The number of rotatable bonds is 8. The van der Waals surface area contributed by atoms with Gasteiger partial charge in [-0.3, -0.25) is 4.79 Å². The molecule has 0 aliphatic carbocycles. The second-order valence-corrected chi connectivity index (χ2v) is 4.81. The van der Waals surface area contributed by atoms with Gasteiger partial charge in [0, 0.05) is 4.88 Å². The molecule has 2 N–H and O–H groups in total. The van der Waals surface area contributed by atoms with Gasteiger partial charge < -0.3 is 10.4 Å². The molecule has 1 heterocycles. The highest BCUT2D eigenvalue weighted by Gasteiger charge is 2.15. The Labute approximate surface area is 100 Å². The molecule has 0 saturated heterocycles. The second kappa shape index (κ2) is 7.41. The fraction of sp³-hybridized carbons (Fsp3) is 0.583. The normalized spacial score (nSPS) is 12.6. The van der Waals surface area contributed by atoms with E-state index >= 15 is 0 Å². The molecule has 4 heteroatoms. The Morgan fingerprint density at radius 1 is 1.56 bits per heavy atom. The molecule has 1 aromatic rings. The summed E-state index contributed by atoms with van der Waals surface area (Å²) in [5.74, 6) is -0.749. The molecule has 1 aromatic heterocycles. The lowest BCUT2D eigenvalue weighted by Crippen LogP contribution is -2.24. The molecule has 0 saturated carbocycles. The van der Waals surface area contributed by atoms with Crippen molar-refractivity contribution in [2.24, 2.45) is 0 Å². The number of hydrogen-bond acceptors (Lipinski definition) is 3. The van der Waals surface area contributed by atoms with Crippen LogP contribution in [0.2, 0.25) is 0 Å². The number of thiophene rings is 1. The van der Waals surface area contributed by atoms with Crippen molar-refractivity contribution in [1.82, 2.24) is 5.32 Å². The largest absolute Gasteiger partial charge is 0.481 e. The Balaban J connectivity index is 2.42. The lowest BCUT2D eigenvalue weighted by atomic mass is 10.1. The average molecular weight is 241 g/mol. The zero-order valence-electron chi connectivity index (χ0n) is 9.61. The van der Waals surface area contributed by atoms with E-state index in [2.05, 4.69) is 12.2 Å². The minimum Gasteiger partial charge on any atom is -0.481 e. The Morgan fingerprint density at radius 3 is 2.94 bits per heavy atom. The van der Waals surface area contributed by atoms with Crippen LogP contribution in [-0.4, -0.2) is 17.6 Å². The van der Waals surface area contributed by atoms with Gasteiger partial charge >= 0.3 is 5.97 Å². The van der Waals surface area contributed by atoms with Gasteiger partial charge in [-0.2, -0.15) is 0 Å². The van der Waals surface area contributed by atoms with Gasteiger partial charge in [0.2, 0.25) is 0 Å². The van der Waals surface area contributed by atoms with Crippen LogP contribution in [0.3, 0.4) is 0 Å². The van der Waals surface area contributed by atoms with E-state index in [1.165, 1.54) is 12.8 Å². The fourth-order valence-corrected chi connectivity index (χ4v) is 2.39. The van der Waals surface area contributed by atoms with E-state index in [4.69, 9.17) is 5.11 Å². The van der Waals surface area contributed by atoms with Crippen LogP contribution < -0.4 is 5.32 Å². The molecule has 0 fully saturated rings. The molecule has 16 heavy (non-hydrogen) atoms. The molecule has 0 radical (unpaired) electrons. The maximum Gasteiger partial charge on any atom is 0.305 e. The summed E-state index contributed by atoms with van der Waals surface area (Å²) in [4.78, 5) is 11.9. The zero-order chi connectivity index (χ0) is 11.8. The first-order valence-corrected chi connectivity index (χ1v) is 6.60. The summed E-state index contributed by atoms with van der Waals surface area (Å²) >= 11 is 1.61. The van der Waals surface area contributed by atoms with E-state index in [-0.39, 0.29) is 12.5 Å². The third kappa shape index (κ3) is 4.77. The number of nitrogens with one attached hydrogen (secondary N) is 1. The van der Waals surface area contributed by atoms with Crippen molar-refractivity contribution in [2.45, 2.75) is 38.6 Å². The minimum absolute atomic E-state index is 0.0330. The van der Waals surface area contributed by atoms with Crippen LogP contribution >= 0.6 is 11.3 Å². The highest BCUT2D eigenvalue weighted by atomic mass is 32.1. The summed E-state index contributed by atoms with van der Waals surface area (Å²) in [5, 5.41) is 14.2. The third-order valence-corrected chi connectivity index (χ3v) is 3.42. The van der Waals surface area contributed by atoms with Crippen LogP contribution in [0.4, 0.5) is 0 Å². The van der Waals surface area contributed by atoms with E-state index in [1.54, 1.807) is 11.3 Å². The molecule has 0 aliphatic heterocycles. The second-order valence-electron chi connectivity index (χ2n) is 3.83. The maximum atomic E-state index is 10.8. The molecule has 0 spiro atoms. The third-order valence-electron chi connectivity index (χ3n) is 2.44. The van der Waals surface area contributed by atoms with E-state index < -0.39 is 5.97 Å². The van der Waals surface area contributed by atoms with E-state index in [0.717, 1.165) is 17.8 Å². The molecule has 0 amide bonds. The van der Waals surface area contributed by atoms with Gasteiger partial charge in [-0.1, -0.05) is 25.8 Å². The summed E-state index contributed by atoms with van der Waals surface area (Å²) < 4.78 is 0. The van der Waals surface area contributed by atoms with Gasteiger partial charge in [0.25, 0.3) is 0 Å². The molecule has 1 atom stereocenters. The van der Waals surface area contributed by atoms with Crippen molar-refractivity contribution in [3.05, 3.63) is 22.4 Å². The quantitative estimate of drug-likeness (QED) is 0.688. The van der Waals surface area contributed by atoms with E-state index in [9.17, 15) is 4.79 Å². The number of aliphatic carboxylic acids is 1. The summed E-state index contributed by atoms with van der Waals surface area (Å²) in [6, 6.07) is 3.92. The van der Waals surface area contributed by atoms with Gasteiger partial charge in [0.1, 0.15) is 0 Å². The Morgan fingerprint density at radius 2 is 2.38 bits per heavy atom. The molecule has 1 rings (SSSR count). The molecule has 3 nitrogen and oxygen atoms in total. The molecule has 90 valence electrons. The number of hydrogen-bond donors (Lipinski definition) is 2. The summed E-state index contributed by atoms with van der Waals surface area (Å²) in [5.41, 5.74) is 0. The smallest absolute Gasteiger partial charge is 0.305 e. The predicted molar refractivity (Wildman–Crippen MR) is 66.8 cm³/mol. The Bertz CT molecular complexity index is 298. The zero-order valence-corrected chi connectivity index (χ0v) is 10.4. The van der Waals surface area contributed by atoms with Crippen LogP contribution in [0.1, 0.15) is 43.5 Å². The van der Waals surface area contributed by atoms with Gasteiger partial charge in [-0.05, 0) is 24.4 Å². The van der Waals surface area contributed by atoms with E-state index in [1.807, 2.05) is 17.5 Å². The molecule has 0 aliphatic rings. The van der Waals surface area contributed by atoms with Gasteiger partial charge in [0.15, 0.2) is 0 Å². The average Bonchev–Trinajstić information content (AvgIpc) is 2.75. The van der Waals surface area contributed by atoms with Crippen LogP contribution in [-0.2, 0) is 4.79 Å². The number of carboxylic acid groups (broad SMARTS) is 1. The predicted octanol–water partition coefficient (Wildman–Crippen LogP) is 3.04. The maximum absolute atomic E-state index is 10.8. The minimum atomic E-state index is -0.749. The standard InChI is InChI=1S/C12H19NO2S/c1-2-3-4-7-13-10(9-12(14)15)11-6-5-8-16-11/h5-6,8,10,13H,2-4,7,9H2,1H3,(H,14,15). The first-order valence-electron chi connectivity index (χ1n) is 5.72. The summed E-state index contributed by atoms with van der Waals surface area (Å²) in [6.07, 6.45) is 3.64. The van der Waals surface area contributed by atoms with Gasteiger partial charge in [-0.25, -0.2) is 0 Å². The highest BCUT2D eigenvalue weighted by Crippen LogP contribution is 2.21. The van der Waals surface area contributed by atoms with Crippen molar-refractivity contribution < 1.29 is 9.90 Å². The lowest BCUT2D eigenvalue weighted by molar-refractivity contribution is -0.137. The van der Waals surface area contributed by atoms with Gasteiger partial charge in [-0.15, -0.1) is 11.3 Å². The number of carboxylic acids is 1. The van der Waals surface area contributed by atoms with Crippen molar-refractivity contribution >= 4 is 17.3 Å². The first kappa shape index (κ1) is 13.2.